The number of halogens is 2. The summed E-state index contributed by atoms with van der Waals surface area (Å²) < 4.78 is 34.0. The Morgan fingerprint density at radius 3 is 2.12 bits per heavy atom. The summed E-state index contributed by atoms with van der Waals surface area (Å²) in [4.78, 5) is 24.2. The Labute approximate surface area is 140 Å². The molecule has 0 heterocycles. The Kier molecular flexibility index (Phi) is 7.13. The molecule has 7 heteroatoms. The lowest BCUT2D eigenvalue weighted by Crippen LogP contribution is -2.42. The van der Waals surface area contributed by atoms with E-state index in [4.69, 9.17) is 4.74 Å². The van der Waals surface area contributed by atoms with Crippen molar-refractivity contribution in [2.45, 2.75) is 46.8 Å². The van der Waals surface area contributed by atoms with Crippen LogP contribution in [0.25, 0.3) is 0 Å². The second-order valence-corrected chi connectivity index (χ2v) is 6.00. The number of rotatable bonds is 7. The molecule has 0 radical (unpaired) electrons. The number of methoxy groups -OCH3 is 1. The van der Waals surface area contributed by atoms with Crippen molar-refractivity contribution in [2.24, 2.45) is 5.92 Å². The molecule has 0 aromatic heterocycles. The number of benzene rings is 1. The first kappa shape index (κ1) is 19.9. The van der Waals surface area contributed by atoms with Gasteiger partial charge in [-0.1, -0.05) is 13.8 Å². The van der Waals surface area contributed by atoms with Gasteiger partial charge in [0.25, 0.3) is 5.91 Å². The van der Waals surface area contributed by atoms with Gasteiger partial charge in [-0.3, -0.25) is 4.79 Å². The van der Waals surface area contributed by atoms with E-state index in [9.17, 15) is 18.4 Å². The van der Waals surface area contributed by atoms with E-state index in [0.717, 1.165) is 0 Å². The van der Waals surface area contributed by atoms with Crippen LogP contribution in [0.3, 0.4) is 0 Å². The van der Waals surface area contributed by atoms with Gasteiger partial charge in [0.15, 0.2) is 0 Å². The molecule has 1 unspecified atom stereocenters. The molecule has 0 bridgehead atoms. The van der Waals surface area contributed by atoms with Gasteiger partial charge >= 0.3 is 12.6 Å². The van der Waals surface area contributed by atoms with Crippen LogP contribution >= 0.6 is 0 Å². The number of nitrogens with one attached hydrogen (secondary N) is 1. The maximum atomic E-state index is 12.4. The van der Waals surface area contributed by atoms with Crippen LogP contribution in [0.15, 0.2) is 12.1 Å². The smallest absolute Gasteiger partial charge is 0.387 e. The summed E-state index contributed by atoms with van der Waals surface area (Å²) in [5.41, 5.74) is 1.10. The average molecular weight is 343 g/mol. The molecular weight excluding hydrogens is 320 g/mol. The van der Waals surface area contributed by atoms with E-state index < -0.39 is 24.5 Å². The van der Waals surface area contributed by atoms with Crippen molar-refractivity contribution >= 4 is 11.9 Å². The van der Waals surface area contributed by atoms with E-state index in [0.29, 0.717) is 17.5 Å². The highest BCUT2D eigenvalue weighted by atomic mass is 19.3. The van der Waals surface area contributed by atoms with E-state index in [-0.39, 0.29) is 17.2 Å². The third-order valence-electron chi connectivity index (χ3n) is 3.43. The Bertz CT molecular complexity index is 579. The van der Waals surface area contributed by atoms with E-state index >= 15 is 0 Å². The predicted octanol–water partition coefficient (Wildman–Crippen LogP) is 3.22. The number of carbonyl (C=O) groups excluding carboxylic acids is 2. The fourth-order valence-corrected chi connectivity index (χ4v) is 2.43. The summed E-state index contributed by atoms with van der Waals surface area (Å²) in [6.45, 7) is 4.07. The fourth-order valence-electron chi connectivity index (χ4n) is 2.43. The summed E-state index contributed by atoms with van der Waals surface area (Å²) in [7, 11) is 1.26. The van der Waals surface area contributed by atoms with Crippen molar-refractivity contribution in [1.82, 2.24) is 5.32 Å². The van der Waals surface area contributed by atoms with Gasteiger partial charge in [0, 0.05) is 5.56 Å². The fraction of sp³-hybridized carbons (Fsp3) is 0.529. The second-order valence-electron chi connectivity index (χ2n) is 6.00. The van der Waals surface area contributed by atoms with Crippen LogP contribution in [0, 0.1) is 19.8 Å². The molecule has 1 amide bonds. The van der Waals surface area contributed by atoms with E-state index in [1.165, 1.54) is 19.2 Å². The minimum absolute atomic E-state index is 0.0493. The quantitative estimate of drug-likeness (QED) is 0.772. The van der Waals surface area contributed by atoms with Crippen LogP contribution < -0.4 is 10.1 Å². The molecule has 1 atom stereocenters. The van der Waals surface area contributed by atoms with Crippen molar-refractivity contribution < 1.29 is 27.8 Å². The summed E-state index contributed by atoms with van der Waals surface area (Å²) in [5.74, 6) is -0.767. The number of ether oxygens (including phenoxy) is 2. The topological polar surface area (TPSA) is 64.6 Å². The predicted molar refractivity (Wildman–Crippen MR) is 85.3 cm³/mol. The van der Waals surface area contributed by atoms with Gasteiger partial charge in [-0.15, -0.1) is 0 Å². The zero-order chi connectivity index (χ0) is 18.4. The molecule has 1 rings (SSSR count). The number of amides is 1. The lowest BCUT2D eigenvalue weighted by molar-refractivity contribution is -0.143. The molecule has 5 nitrogen and oxygen atoms in total. The van der Waals surface area contributed by atoms with Gasteiger partial charge in [0.2, 0.25) is 0 Å². The van der Waals surface area contributed by atoms with Crippen LogP contribution in [0.2, 0.25) is 0 Å². The normalized spacial score (nSPS) is 12.2. The van der Waals surface area contributed by atoms with E-state index in [2.05, 4.69) is 10.1 Å². The van der Waals surface area contributed by atoms with Gasteiger partial charge in [0.05, 0.1) is 7.11 Å². The number of aryl methyl sites for hydroxylation is 2. The van der Waals surface area contributed by atoms with Crippen molar-refractivity contribution in [3.8, 4) is 5.75 Å². The molecule has 0 aliphatic carbocycles. The molecule has 0 spiro atoms. The number of esters is 1. The van der Waals surface area contributed by atoms with Crippen molar-refractivity contribution in [3.05, 3.63) is 28.8 Å². The molecule has 0 fully saturated rings. The molecule has 0 aliphatic rings. The summed E-state index contributed by atoms with van der Waals surface area (Å²) in [6.07, 6.45) is 0.433. The molecule has 1 aromatic rings. The van der Waals surface area contributed by atoms with E-state index in [1.807, 2.05) is 13.8 Å². The number of alkyl halides is 2. The van der Waals surface area contributed by atoms with Crippen LogP contribution in [-0.2, 0) is 9.53 Å². The van der Waals surface area contributed by atoms with Gasteiger partial charge in [-0.25, -0.2) is 4.79 Å². The molecular formula is C17H23F2NO4. The third kappa shape index (κ3) is 5.47. The minimum atomic E-state index is -2.93. The van der Waals surface area contributed by atoms with Crippen LogP contribution in [0.5, 0.6) is 5.75 Å². The number of hydrogen-bond donors (Lipinski definition) is 1. The van der Waals surface area contributed by atoms with Crippen LogP contribution in [-0.4, -0.2) is 31.6 Å². The zero-order valence-corrected chi connectivity index (χ0v) is 14.5. The monoisotopic (exact) mass is 343 g/mol. The van der Waals surface area contributed by atoms with Crippen molar-refractivity contribution in [3.63, 3.8) is 0 Å². The van der Waals surface area contributed by atoms with Crippen molar-refractivity contribution in [2.75, 3.05) is 7.11 Å². The molecule has 0 saturated carbocycles. The highest BCUT2D eigenvalue weighted by molar-refractivity contribution is 5.97. The van der Waals surface area contributed by atoms with Gasteiger partial charge in [-0.2, -0.15) is 8.78 Å². The largest absolute Gasteiger partial charge is 0.467 e. The van der Waals surface area contributed by atoms with Gasteiger partial charge < -0.3 is 14.8 Å². The summed E-state index contributed by atoms with van der Waals surface area (Å²) in [5, 5.41) is 2.63. The minimum Gasteiger partial charge on any atom is -0.467 e. The first-order chi connectivity index (χ1) is 11.1. The second kappa shape index (κ2) is 8.61. The Morgan fingerprint density at radius 2 is 1.71 bits per heavy atom. The lowest BCUT2D eigenvalue weighted by Gasteiger charge is -2.19. The molecule has 0 aliphatic heterocycles. The molecule has 1 aromatic carbocycles. The summed E-state index contributed by atoms with van der Waals surface area (Å²) in [6, 6.07) is 2.13. The molecule has 1 N–H and O–H groups in total. The van der Waals surface area contributed by atoms with E-state index in [1.54, 1.807) is 13.8 Å². The molecule has 134 valence electrons. The Hall–Kier alpha value is -2.18. The molecule has 24 heavy (non-hydrogen) atoms. The van der Waals surface area contributed by atoms with Gasteiger partial charge in [-0.05, 0) is 49.4 Å². The highest BCUT2D eigenvalue weighted by Crippen LogP contribution is 2.26. The maximum absolute atomic E-state index is 12.4. The highest BCUT2D eigenvalue weighted by Gasteiger charge is 2.24. The third-order valence-corrected chi connectivity index (χ3v) is 3.43. The average Bonchev–Trinajstić information content (AvgIpc) is 2.48. The summed E-state index contributed by atoms with van der Waals surface area (Å²) >= 11 is 0. The SMILES string of the molecule is COC(=O)C(CC(C)C)NC(=O)c1cc(C)c(OC(F)F)c(C)c1. The van der Waals surface area contributed by atoms with Crippen LogP contribution in [0.4, 0.5) is 8.78 Å². The number of carbonyl (C=O) groups is 2. The standard InChI is InChI=1S/C17H23F2NO4/c1-9(2)6-13(16(22)23-5)20-15(21)12-7-10(3)14(11(4)8-12)24-17(18)19/h7-9,13,17H,6H2,1-5H3,(H,20,21). The van der Waals surface area contributed by atoms with Crippen LogP contribution in [0.1, 0.15) is 41.8 Å². The maximum Gasteiger partial charge on any atom is 0.387 e. The van der Waals surface area contributed by atoms with Crippen molar-refractivity contribution in [1.29, 1.82) is 0 Å². The Balaban J connectivity index is 2.99. The zero-order valence-electron chi connectivity index (χ0n) is 14.5. The number of hydrogen-bond acceptors (Lipinski definition) is 4. The first-order valence-corrected chi connectivity index (χ1v) is 7.60. The molecule has 0 saturated heterocycles. The van der Waals surface area contributed by atoms with Gasteiger partial charge in [0.1, 0.15) is 11.8 Å². The Morgan fingerprint density at radius 1 is 1.17 bits per heavy atom. The lowest BCUT2D eigenvalue weighted by atomic mass is 10.0. The first-order valence-electron chi connectivity index (χ1n) is 7.60.